The second kappa shape index (κ2) is 15.1. The van der Waals surface area contributed by atoms with Crippen molar-refractivity contribution in [1.29, 1.82) is 0 Å². The Balaban J connectivity index is 1.45. The molecule has 3 heterocycles. The van der Waals surface area contributed by atoms with Crippen molar-refractivity contribution in [2.75, 3.05) is 19.8 Å². The largest absolute Gasteiger partial charge is 0.463 e. The Bertz CT molecular complexity index is 1450. The first-order chi connectivity index (χ1) is 22.8. The van der Waals surface area contributed by atoms with Gasteiger partial charge in [-0.3, -0.25) is 19.2 Å². The molecule has 3 aliphatic heterocycles. The van der Waals surface area contributed by atoms with Gasteiger partial charge in [-0.1, -0.05) is 79.7 Å². The number of amides is 3. The molecule has 47 heavy (non-hydrogen) atoms. The number of aliphatic hydroxyl groups is 1. The number of nitrogens with zero attached hydrogens (tertiary/aromatic N) is 2. The van der Waals surface area contributed by atoms with Gasteiger partial charge in [-0.25, -0.2) is 0 Å². The Morgan fingerprint density at radius 2 is 1.83 bits per heavy atom. The lowest BCUT2D eigenvalue weighted by atomic mass is 9.70. The fourth-order valence-corrected chi connectivity index (χ4v) is 7.49. The topological polar surface area (TPSA) is 125 Å². The van der Waals surface area contributed by atoms with Gasteiger partial charge in [0, 0.05) is 19.5 Å². The molecule has 0 radical (unpaired) electrons. The molecular formula is C37H45N3O7. The van der Waals surface area contributed by atoms with Crippen molar-refractivity contribution < 1.29 is 33.8 Å². The van der Waals surface area contributed by atoms with Crippen LogP contribution in [-0.4, -0.2) is 82.1 Å². The van der Waals surface area contributed by atoms with Crippen molar-refractivity contribution in [1.82, 2.24) is 15.1 Å². The third-order valence-electron chi connectivity index (χ3n) is 9.71. The first-order valence-corrected chi connectivity index (χ1v) is 16.5. The fourth-order valence-electron chi connectivity index (χ4n) is 7.49. The summed E-state index contributed by atoms with van der Waals surface area (Å²) in [5.74, 6) is -3.24. The van der Waals surface area contributed by atoms with Gasteiger partial charge in [0.1, 0.15) is 18.2 Å². The van der Waals surface area contributed by atoms with Crippen molar-refractivity contribution in [3.63, 3.8) is 0 Å². The van der Waals surface area contributed by atoms with Gasteiger partial charge < -0.3 is 29.7 Å². The summed E-state index contributed by atoms with van der Waals surface area (Å²) in [6.45, 7) is 9.50. The highest BCUT2D eigenvalue weighted by atomic mass is 16.5. The van der Waals surface area contributed by atoms with E-state index in [0.29, 0.717) is 32.2 Å². The minimum atomic E-state index is -1.22. The van der Waals surface area contributed by atoms with Gasteiger partial charge in [-0.05, 0) is 36.8 Å². The third-order valence-corrected chi connectivity index (χ3v) is 9.71. The molecule has 250 valence electrons. The molecule has 2 N–H and O–H groups in total. The Morgan fingerprint density at radius 3 is 2.47 bits per heavy atom. The average Bonchev–Trinajstić information content (AvgIpc) is 3.74. The number of esters is 1. The van der Waals surface area contributed by atoms with Crippen LogP contribution in [0.3, 0.4) is 0 Å². The highest BCUT2D eigenvalue weighted by Gasteiger charge is 2.75. The summed E-state index contributed by atoms with van der Waals surface area (Å²) in [5, 5.41) is 13.4. The van der Waals surface area contributed by atoms with E-state index in [2.05, 4.69) is 18.5 Å². The van der Waals surface area contributed by atoms with E-state index in [1.54, 1.807) is 17.1 Å². The Morgan fingerprint density at radius 1 is 1.13 bits per heavy atom. The van der Waals surface area contributed by atoms with E-state index in [4.69, 9.17) is 9.47 Å². The van der Waals surface area contributed by atoms with E-state index in [1.165, 1.54) is 4.90 Å². The SMILES string of the molecule is C=CCCC(=O)OC[C@H](NC(=O)[C@@H]1[C@H]2C(=O)N([C@@H](CC)CO)[C@H](C(=O)N(CC=C)Cc3ccccc3)[C@]23CC[C@H]1O3)c1ccccc1. The van der Waals surface area contributed by atoms with Gasteiger partial charge >= 0.3 is 5.97 Å². The lowest BCUT2D eigenvalue weighted by Crippen LogP contribution is -2.58. The maximum atomic E-state index is 14.6. The number of benzene rings is 2. The van der Waals surface area contributed by atoms with Crippen molar-refractivity contribution in [3.05, 3.63) is 97.1 Å². The van der Waals surface area contributed by atoms with Crippen LogP contribution < -0.4 is 5.32 Å². The maximum Gasteiger partial charge on any atom is 0.306 e. The number of allylic oxidation sites excluding steroid dienone is 1. The molecule has 3 saturated heterocycles. The van der Waals surface area contributed by atoms with Gasteiger partial charge in [-0.15, -0.1) is 13.2 Å². The fraction of sp³-hybridized carbons (Fsp3) is 0.459. The second-order valence-corrected chi connectivity index (χ2v) is 12.5. The van der Waals surface area contributed by atoms with Crippen LogP contribution in [0.25, 0.3) is 0 Å². The van der Waals surface area contributed by atoms with Crippen LogP contribution in [0.5, 0.6) is 0 Å². The molecule has 2 aromatic rings. The van der Waals surface area contributed by atoms with Gasteiger partial charge in [0.05, 0.1) is 36.6 Å². The van der Waals surface area contributed by atoms with Crippen LogP contribution in [0.4, 0.5) is 0 Å². The van der Waals surface area contributed by atoms with Crippen molar-refractivity contribution in [2.45, 2.75) is 75.4 Å². The predicted octanol–water partition coefficient (Wildman–Crippen LogP) is 3.71. The Hall–Kier alpha value is -4.28. The molecule has 0 aliphatic carbocycles. The smallest absolute Gasteiger partial charge is 0.306 e. The van der Waals surface area contributed by atoms with Crippen LogP contribution in [0.1, 0.15) is 56.2 Å². The van der Waals surface area contributed by atoms with Crippen LogP contribution in [0.2, 0.25) is 0 Å². The summed E-state index contributed by atoms with van der Waals surface area (Å²) in [4.78, 5) is 58.7. The molecule has 10 nitrogen and oxygen atoms in total. The van der Waals surface area contributed by atoms with E-state index in [-0.39, 0.29) is 38.0 Å². The second-order valence-electron chi connectivity index (χ2n) is 12.5. The summed E-state index contributed by atoms with van der Waals surface area (Å²) in [6.07, 6.45) is 4.74. The number of rotatable bonds is 16. The zero-order valence-electron chi connectivity index (χ0n) is 27.0. The zero-order valence-corrected chi connectivity index (χ0v) is 27.0. The minimum absolute atomic E-state index is 0.0839. The number of likely N-dealkylation sites (tertiary alicyclic amines) is 1. The predicted molar refractivity (Wildman–Crippen MR) is 175 cm³/mol. The van der Waals surface area contributed by atoms with E-state index in [0.717, 1.165) is 11.1 Å². The average molecular weight is 644 g/mol. The highest BCUT2D eigenvalue weighted by Crippen LogP contribution is 2.59. The monoisotopic (exact) mass is 643 g/mol. The van der Waals surface area contributed by atoms with Gasteiger partial charge in [0.25, 0.3) is 0 Å². The van der Waals surface area contributed by atoms with Gasteiger partial charge in [-0.2, -0.15) is 0 Å². The van der Waals surface area contributed by atoms with E-state index >= 15 is 0 Å². The number of hydrogen-bond acceptors (Lipinski definition) is 7. The van der Waals surface area contributed by atoms with E-state index in [9.17, 15) is 24.3 Å². The molecular weight excluding hydrogens is 598 g/mol. The molecule has 5 rings (SSSR count). The molecule has 7 atom stereocenters. The summed E-state index contributed by atoms with van der Waals surface area (Å²) in [5.41, 5.74) is 0.447. The standard InChI is InChI=1S/C37H45N3O7/c1-4-7-18-30(42)46-24-28(26-16-12-9-13-17-26)38-34(43)31-29-19-20-37(47-29)32(31)35(44)40(27(6-3)23-41)33(37)36(45)39(21-5-2)22-25-14-10-8-11-15-25/h4-5,8-17,27-29,31-33,41H,1-2,6-7,18-24H2,3H3,(H,38,43)/t27-,28-,29+,31-,32-,33+,37-/m0/s1. The van der Waals surface area contributed by atoms with Gasteiger partial charge in [0.2, 0.25) is 17.7 Å². The molecule has 3 aliphatic rings. The van der Waals surface area contributed by atoms with E-state index in [1.807, 2.05) is 67.6 Å². The van der Waals surface area contributed by atoms with Crippen LogP contribution in [0, 0.1) is 11.8 Å². The molecule has 2 aromatic carbocycles. The van der Waals surface area contributed by atoms with Crippen LogP contribution in [0.15, 0.2) is 86.0 Å². The number of fused-ring (bicyclic) bond motifs is 1. The number of carbonyl (C=O) groups is 4. The summed E-state index contributed by atoms with van der Waals surface area (Å²) in [7, 11) is 0. The highest BCUT2D eigenvalue weighted by molar-refractivity contribution is 5.99. The zero-order chi connectivity index (χ0) is 33.6. The van der Waals surface area contributed by atoms with Gasteiger partial charge in [0.15, 0.2) is 0 Å². The maximum absolute atomic E-state index is 14.6. The summed E-state index contributed by atoms with van der Waals surface area (Å²) >= 11 is 0. The molecule has 3 amide bonds. The lowest BCUT2D eigenvalue weighted by Gasteiger charge is -2.39. The first kappa shape index (κ1) is 34.1. The number of hydrogen-bond donors (Lipinski definition) is 2. The van der Waals surface area contributed by atoms with Crippen molar-refractivity contribution in [2.24, 2.45) is 11.8 Å². The normalized spacial score (nSPS) is 25.5. The molecule has 3 fully saturated rings. The number of nitrogens with one attached hydrogen (secondary N) is 1. The van der Waals surface area contributed by atoms with Crippen LogP contribution in [-0.2, 0) is 35.2 Å². The molecule has 1 spiro atoms. The number of aliphatic hydroxyl groups excluding tert-OH is 1. The third kappa shape index (κ3) is 6.75. The lowest BCUT2D eigenvalue weighted by molar-refractivity contribution is -0.151. The quantitative estimate of drug-likeness (QED) is 0.211. The number of ether oxygens (including phenoxy) is 2. The van der Waals surface area contributed by atoms with Crippen LogP contribution >= 0.6 is 0 Å². The molecule has 2 bridgehead atoms. The summed E-state index contributed by atoms with van der Waals surface area (Å²) in [6, 6.07) is 16.5. The Labute approximate surface area is 276 Å². The molecule has 10 heteroatoms. The molecule has 0 aromatic heterocycles. The number of carbonyl (C=O) groups excluding carboxylic acids is 4. The first-order valence-electron chi connectivity index (χ1n) is 16.5. The minimum Gasteiger partial charge on any atom is -0.463 e. The Kier molecular flexibility index (Phi) is 10.9. The van der Waals surface area contributed by atoms with Crippen molar-refractivity contribution >= 4 is 23.7 Å². The van der Waals surface area contributed by atoms with E-state index < -0.39 is 53.5 Å². The summed E-state index contributed by atoms with van der Waals surface area (Å²) < 4.78 is 12.1. The molecule has 0 unspecified atom stereocenters. The molecule has 0 saturated carbocycles. The van der Waals surface area contributed by atoms with Crippen molar-refractivity contribution in [3.8, 4) is 0 Å².